The van der Waals surface area contributed by atoms with Gasteiger partial charge < -0.3 is 4.74 Å². The molecule has 1 fully saturated rings. The molecule has 0 amide bonds. The van der Waals surface area contributed by atoms with Crippen molar-refractivity contribution in [2.45, 2.75) is 51.0 Å². The first kappa shape index (κ1) is 11.1. The van der Waals surface area contributed by atoms with Crippen molar-refractivity contribution >= 4 is 0 Å². The van der Waals surface area contributed by atoms with E-state index >= 15 is 0 Å². The van der Waals surface area contributed by atoms with E-state index in [2.05, 4.69) is 0 Å². The van der Waals surface area contributed by atoms with Crippen LogP contribution < -0.4 is 4.74 Å². The molecule has 0 radical (unpaired) electrons. The fraction of sp³-hybridized carbons (Fsp3) is 0.600. The maximum Gasteiger partial charge on any atom is 0.126 e. The van der Waals surface area contributed by atoms with Gasteiger partial charge in [-0.1, -0.05) is 25.3 Å². The Hall–Kier alpha value is -1.05. The predicted octanol–water partition coefficient (Wildman–Crippen LogP) is 4.10. The molecule has 2 heteroatoms. The summed E-state index contributed by atoms with van der Waals surface area (Å²) in [7, 11) is 0. The normalized spacial score (nSPS) is 25.1. The van der Waals surface area contributed by atoms with Crippen molar-refractivity contribution in [3.05, 3.63) is 29.6 Å². The zero-order valence-corrected chi connectivity index (χ0v) is 10.1. The molecule has 0 aromatic heterocycles. The standard InChI is InChI=1S/C15H19FO/c16-13-8-6-12-7-9-14(17-15(12)10-13)11-4-2-1-3-5-11/h6,8,10-11,14H,1-5,7,9H2. The Balaban J connectivity index is 1.75. The van der Waals surface area contributed by atoms with Crippen molar-refractivity contribution in [3.63, 3.8) is 0 Å². The van der Waals surface area contributed by atoms with Crippen molar-refractivity contribution < 1.29 is 9.13 Å². The molecule has 1 unspecified atom stereocenters. The average molecular weight is 234 g/mol. The quantitative estimate of drug-likeness (QED) is 0.711. The number of ether oxygens (including phenoxy) is 1. The lowest BCUT2D eigenvalue weighted by Gasteiger charge is -2.34. The lowest BCUT2D eigenvalue weighted by atomic mass is 9.82. The maximum absolute atomic E-state index is 13.2. The summed E-state index contributed by atoms with van der Waals surface area (Å²) in [5.74, 6) is 1.29. The zero-order chi connectivity index (χ0) is 11.7. The zero-order valence-electron chi connectivity index (χ0n) is 10.1. The van der Waals surface area contributed by atoms with Crippen LogP contribution in [0.5, 0.6) is 5.75 Å². The molecule has 1 heterocycles. The molecule has 1 saturated carbocycles. The predicted molar refractivity (Wildman–Crippen MR) is 65.7 cm³/mol. The van der Waals surface area contributed by atoms with Crippen molar-refractivity contribution in [2.24, 2.45) is 5.92 Å². The number of halogens is 1. The Morgan fingerprint density at radius 3 is 2.71 bits per heavy atom. The van der Waals surface area contributed by atoms with Gasteiger partial charge in [0, 0.05) is 6.07 Å². The van der Waals surface area contributed by atoms with Crippen LogP contribution in [-0.4, -0.2) is 6.10 Å². The van der Waals surface area contributed by atoms with Crippen molar-refractivity contribution in [3.8, 4) is 5.75 Å². The number of hydrogen-bond acceptors (Lipinski definition) is 1. The summed E-state index contributed by atoms with van der Waals surface area (Å²) < 4.78 is 19.2. The average Bonchev–Trinajstić information content (AvgIpc) is 2.39. The van der Waals surface area contributed by atoms with Gasteiger partial charge >= 0.3 is 0 Å². The number of benzene rings is 1. The first-order valence-corrected chi connectivity index (χ1v) is 6.78. The van der Waals surface area contributed by atoms with Gasteiger partial charge in [0.2, 0.25) is 0 Å². The second-order valence-corrected chi connectivity index (χ2v) is 5.35. The SMILES string of the molecule is Fc1ccc2c(c1)OC(C1CCCCC1)CC2. The minimum absolute atomic E-state index is 0.187. The summed E-state index contributed by atoms with van der Waals surface area (Å²) >= 11 is 0. The van der Waals surface area contributed by atoms with Gasteiger partial charge in [0.1, 0.15) is 17.7 Å². The van der Waals surface area contributed by atoms with Crippen LogP contribution in [0.3, 0.4) is 0 Å². The van der Waals surface area contributed by atoms with Gasteiger partial charge in [-0.15, -0.1) is 0 Å². The molecule has 0 bridgehead atoms. The largest absolute Gasteiger partial charge is 0.490 e. The Morgan fingerprint density at radius 1 is 1.06 bits per heavy atom. The highest BCUT2D eigenvalue weighted by molar-refractivity contribution is 5.35. The highest BCUT2D eigenvalue weighted by Gasteiger charge is 2.28. The summed E-state index contributed by atoms with van der Waals surface area (Å²) in [5.41, 5.74) is 1.17. The third-order valence-corrected chi connectivity index (χ3v) is 4.18. The first-order chi connectivity index (χ1) is 8.33. The maximum atomic E-state index is 13.2. The van der Waals surface area contributed by atoms with Crippen LogP contribution in [0.1, 0.15) is 44.1 Å². The molecular weight excluding hydrogens is 215 g/mol. The van der Waals surface area contributed by atoms with Crippen molar-refractivity contribution in [1.82, 2.24) is 0 Å². The van der Waals surface area contributed by atoms with Gasteiger partial charge in [-0.2, -0.15) is 0 Å². The fourth-order valence-corrected chi connectivity index (χ4v) is 3.20. The monoisotopic (exact) mass is 234 g/mol. The third-order valence-electron chi connectivity index (χ3n) is 4.18. The molecule has 1 aliphatic heterocycles. The fourth-order valence-electron chi connectivity index (χ4n) is 3.20. The Labute approximate surface area is 102 Å². The van der Waals surface area contributed by atoms with Gasteiger partial charge in [0.25, 0.3) is 0 Å². The van der Waals surface area contributed by atoms with Gasteiger partial charge in [-0.3, -0.25) is 0 Å². The molecule has 92 valence electrons. The molecule has 1 aromatic carbocycles. The van der Waals surface area contributed by atoms with E-state index in [1.807, 2.05) is 6.07 Å². The topological polar surface area (TPSA) is 9.23 Å². The smallest absolute Gasteiger partial charge is 0.126 e. The summed E-state index contributed by atoms with van der Waals surface area (Å²) in [6.07, 6.45) is 9.07. The molecule has 1 nitrogen and oxygen atoms in total. The van der Waals surface area contributed by atoms with E-state index in [0.717, 1.165) is 18.6 Å². The number of hydrogen-bond donors (Lipinski definition) is 0. The molecule has 0 spiro atoms. The first-order valence-electron chi connectivity index (χ1n) is 6.78. The van der Waals surface area contributed by atoms with Gasteiger partial charge in [-0.05, 0) is 43.2 Å². The van der Waals surface area contributed by atoms with Crippen molar-refractivity contribution in [1.29, 1.82) is 0 Å². The second-order valence-electron chi connectivity index (χ2n) is 5.35. The summed E-state index contributed by atoms with van der Waals surface area (Å²) in [4.78, 5) is 0. The molecule has 3 rings (SSSR count). The summed E-state index contributed by atoms with van der Waals surface area (Å²) in [6.45, 7) is 0. The van der Waals surface area contributed by atoms with Crippen LogP contribution in [0.15, 0.2) is 18.2 Å². The van der Waals surface area contributed by atoms with Crippen LogP contribution >= 0.6 is 0 Å². The highest BCUT2D eigenvalue weighted by atomic mass is 19.1. The van der Waals surface area contributed by atoms with Gasteiger partial charge in [0.05, 0.1) is 0 Å². The lowest BCUT2D eigenvalue weighted by Crippen LogP contribution is -2.32. The van der Waals surface area contributed by atoms with Crippen LogP contribution in [0.25, 0.3) is 0 Å². The van der Waals surface area contributed by atoms with Crippen molar-refractivity contribution in [2.75, 3.05) is 0 Å². The molecule has 0 N–H and O–H groups in total. The van der Waals surface area contributed by atoms with Crippen LogP contribution in [0.2, 0.25) is 0 Å². The van der Waals surface area contributed by atoms with E-state index < -0.39 is 0 Å². The molecule has 1 atom stereocenters. The van der Waals surface area contributed by atoms with E-state index in [1.54, 1.807) is 6.07 Å². The third kappa shape index (κ3) is 2.31. The van der Waals surface area contributed by atoms with E-state index in [9.17, 15) is 4.39 Å². The summed E-state index contributed by atoms with van der Waals surface area (Å²) in [6, 6.07) is 4.94. The molecule has 0 saturated heterocycles. The lowest BCUT2D eigenvalue weighted by molar-refractivity contribution is 0.0876. The van der Waals surface area contributed by atoms with E-state index in [0.29, 0.717) is 12.0 Å². The van der Waals surface area contributed by atoms with Crippen LogP contribution in [-0.2, 0) is 6.42 Å². The van der Waals surface area contributed by atoms with Crippen LogP contribution in [0, 0.1) is 11.7 Å². The molecule has 17 heavy (non-hydrogen) atoms. The Kier molecular flexibility index (Phi) is 3.04. The van der Waals surface area contributed by atoms with E-state index in [1.165, 1.54) is 43.7 Å². The van der Waals surface area contributed by atoms with Crippen LogP contribution in [0.4, 0.5) is 4.39 Å². The molecule has 2 aliphatic rings. The summed E-state index contributed by atoms with van der Waals surface area (Å²) in [5, 5.41) is 0. The minimum Gasteiger partial charge on any atom is -0.490 e. The number of fused-ring (bicyclic) bond motifs is 1. The second kappa shape index (κ2) is 4.67. The molecular formula is C15H19FO. The van der Waals surface area contributed by atoms with E-state index in [-0.39, 0.29) is 5.82 Å². The number of aryl methyl sites for hydroxylation is 1. The Bertz CT molecular complexity index is 396. The van der Waals surface area contributed by atoms with E-state index in [4.69, 9.17) is 4.74 Å². The minimum atomic E-state index is -0.187. The number of rotatable bonds is 1. The Morgan fingerprint density at radius 2 is 1.88 bits per heavy atom. The van der Waals surface area contributed by atoms with Gasteiger partial charge in [0.15, 0.2) is 0 Å². The van der Waals surface area contributed by atoms with Gasteiger partial charge in [-0.25, -0.2) is 4.39 Å². The highest BCUT2D eigenvalue weighted by Crippen LogP contribution is 2.36. The molecule has 1 aliphatic carbocycles. The molecule has 1 aromatic rings.